The maximum absolute atomic E-state index is 11.1. The Morgan fingerprint density at radius 1 is 0.833 bits per heavy atom. The van der Waals surface area contributed by atoms with E-state index in [0.29, 0.717) is 0 Å². The molecule has 30 heavy (non-hydrogen) atoms. The van der Waals surface area contributed by atoms with Crippen molar-refractivity contribution >= 4 is 5.97 Å². The summed E-state index contributed by atoms with van der Waals surface area (Å²) in [6.07, 6.45) is 11.3. The number of aliphatic carboxylic acids is 1. The monoisotopic (exact) mass is 402 g/mol. The molecule has 0 radical (unpaired) electrons. The molecule has 1 aromatic heterocycles. The van der Waals surface area contributed by atoms with Crippen molar-refractivity contribution in [3.63, 3.8) is 0 Å². The van der Waals surface area contributed by atoms with E-state index in [1.807, 2.05) is 48.8 Å². The summed E-state index contributed by atoms with van der Waals surface area (Å²) in [5, 5.41) is 9.14. The zero-order chi connectivity index (χ0) is 21.3. The molecule has 0 spiro atoms. The third-order valence-corrected chi connectivity index (χ3v) is 5.53. The largest absolute Gasteiger partial charge is 0.481 e. The highest BCUT2D eigenvalue weighted by Gasteiger charge is 2.13. The van der Waals surface area contributed by atoms with E-state index >= 15 is 0 Å². The lowest BCUT2D eigenvalue weighted by Crippen LogP contribution is -2.06. The molecule has 1 heterocycles. The van der Waals surface area contributed by atoms with Crippen LogP contribution in [-0.2, 0) is 11.2 Å². The van der Waals surface area contributed by atoms with Crippen molar-refractivity contribution in [3.8, 4) is 22.5 Å². The molecule has 1 N–H and O–H groups in total. The van der Waals surface area contributed by atoms with Gasteiger partial charge in [0.05, 0.1) is 5.92 Å². The minimum absolute atomic E-state index is 0.502. The van der Waals surface area contributed by atoms with Crippen molar-refractivity contribution in [2.24, 2.45) is 0 Å². The molecule has 3 aromatic rings. The van der Waals surface area contributed by atoms with Gasteiger partial charge in [0.15, 0.2) is 5.82 Å². The minimum Gasteiger partial charge on any atom is -0.481 e. The molecule has 1 unspecified atom stereocenters. The first-order chi connectivity index (χ1) is 14.6. The Bertz CT molecular complexity index is 932. The van der Waals surface area contributed by atoms with Crippen LogP contribution >= 0.6 is 0 Å². The zero-order valence-corrected chi connectivity index (χ0v) is 17.8. The van der Waals surface area contributed by atoms with Crippen LogP contribution in [0.15, 0.2) is 60.9 Å². The molecule has 0 saturated heterocycles. The second-order valence-electron chi connectivity index (χ2n) is 7.84. The summed E-state index contributed by atoms with van der Waals surface area (Å²) in [7, 11) is 0. The average molecular weight is 403 g/mol. The van der Waals surface area contributed by atoms with Gasteiger partial charge in [-0.3, -0.25) is 4.79 Å². The van der Waals surface area contributed by atoms with Crippen LogP contribution in [0.4, 0.5) is 0 Å². The molecule has 0 saturated carbocycles. The van der Waals surface area contributed by atoms with Crippen LogP contribution in [0.1, 0.15) is 63.0 Å². The van der Waals surface area contributed by atoms with Crippen LogP contribution in [0.2, 0.25) is 0 Å². The molecule has 4 heteroatoms. The summed E-state index contributed by atoms with van der Waals surface area (Å²) in [4.78, 5) is 20.2. The Morgan fingerprint density at radius 2 is 1.37 bits per heavy atom. The minimum atomic E-state index is -0.811. The Morgan fingerprint density at radius 3 is 1.93 bits per heavy atom. The smallest absolute Gasteiger partial charge is 0.310 e. The summed E-state index contributed by atoms with van der Waals surface area (Å²) in [6, 6.07) is 15.9. The number of hydrogen-bond donors (Lipinski definition) is 1. The second-order valence-corrected chi connectivity index (χ2v) is 7.84. The number of carboxylic acid groups (broad SMARTS) is 1. The topological polar surface area (TPSA) is 63.1 Å². The van der Waals surface area contributed by atoms with Gasteiger partial charge in [0, 0.05) is 18.0 Å². The van der Waals surface area contributed by atoms with Crippen molar-refractivity contribution < 1.29 is 9.90 Å². The number of aromatic nitrogens is 2. The van der Waals surface area contributed by atoms with Gasteiger partial charge >= 0.3 is 5.97 Å². The maximum atomic E-state index is 11.1. The molecular weight excluding hydrogens is 372 g/mol. The molecule has 3 rings (SSSR count). The van der Waals surface area contributed by atoms with E-state index < -0.39 is 11.9 Å². The van der Waals surface area contributed by atoms with Crippen molar-refractivity contribution in [3.05, 3.63) is 72.1 Å². The molecule has 4 nitrogen and oxygen atoms in total. The molecule has 1 atom stereocenters. The van der Waals surface area contributed by atoms with Crippen molar-refractivity contribution in [2.75, 3.05) is 0 Å². The molecule has 0 bridgehead atoms. The Labute approximate surface area is 179 Å². The van der Waals surface area contributed by atoms with Crippen LogP contribution in [0.25, 0.3) is 22.5 Å². The molecule has 0 aliphatic heterocycles. The molecule has 0 aliphatic carbocycles. The third-order valence-electron chi connectivity index (χ3n) is 5.53. The highest BCUT2D eigenvalue weighted by molar-refractivity contribution is 5.76. The first-order valence-electron chi connectivity index (χ1n) is 10.8. The molecule has 156 valence electrons. The van der Waals surface area contributed by atoms with Crippen LogP contribution in [0.5, 0.6) is 0 Å². The van der Waals surface area contributed by atoms with Gasteiger partial charge in [-0.2, -0.15) is 0 Å². The van der Waals surface area contributed by atoms with Gasteiger partial charge < -0.3 is 5.11 Å². The lowest BCUT2D eigenvalue weighted by atomic mass is 9.97. The van der Waals surface area contributed by atoms with Crippen LogP contribution < -0.4 is 0 Å². The van der Waals surface area contributed by atoms with Crippen LogP contribution in [-0.4, -0.2) is 21.0 Å². The van der Waals surface area contributed by atoms with E-state index in [-0.39, 0.29) is 0 Å². The Hall–Kier alpha value is -3.01. The summed E-state index contributed by atoms with van der Waals surface area (Å²) < 4.78 is 0. The van der Waals surface area contributed by atoms with Crippen molar-refractivity contribution in [1.29, 1.82) is 0 Å². The highest BCUT2D eigenvalue weighted by atomic mass is 16.4. The van der Waals surface area contributed by atoms with Crippen LogP contribution in [0, 0.1) is 0 Å². The Kier molecular flexibility index (Phi) is 7.72. The lowest BCUT2D eigenvalue weighted by molar-refractivity contribution is -0.138. The van der Waals surface area contributed by atoms with Gasteiger partial charge in [-0.25, -0.2) is 9.97 Å². The fourth-order valence-corrected chi connectivity index (χ4v) is 3.48. The highest BCUT2D eigenvalue weighted by Crippen LogP contribution is 2.25. The number of nitrogens with zero attached hydrogens (tertiary/aromatic N) is 2. The van der Waals surface area contributed by atoms with Gasteiger partial charge in [-0.05, 0) is 42.0 Å². The third kappa shape index (κ3) is 5.76. The zero-order valence-electron chi connectivity index (χ0n) is 17.8. The molecule has 0 fully saturated rings. The van der Waals surface area contributed by atoms with E-state index in [9.17, 15) is 4.79 Å². The number of hydrogen-bond acceptors (Lipinski definition) is 3. The number of aryl methyl sites for hydroxylation is 1. The standard InChI is InChI=1S/C26H30N2O2/c1-3-4-5-6-7-8-20-17-27-25(28-18-20)24-15-13-23(14-16-24)22-11-9-21(10-12-22)19(2)26(29)30/h9-19H,3-8H2,1-2H3,(H,29,30). The number of carboxylic acids is 1. The van der Waals surface area contributed by atoms with E-state index in [1.54, 1.807) is 6.92 Å². The molecular formula is C26H30N2O2. The van der Waals surface area contributed by atoms with Gasteiger partial charge in [-0.15, -0.1) is 0 Å². The number of carbonyl (C=O) groups is 1. The van der Waals surface area contributed by atoms with Gasteiger partial charge in [0.25, 0.3) is 0 Å². The quantitative estimate of drug-likeness (QED) is 0.393. The SMILES string of the molecule is CCCCCCCc1cnc(-c2ccc(-c3ccc(C(C)C(=O)O)cc3)cc2)nc1. The summed E-state index contributed by atoms with van der Waals surface area (Å²) >= 11 is 0. The summed E-state index contributed by atoms with van der Waals surface area (Å²) in [5.41, 5.74) is 5.13. The fourth-order valence-electron chi connectivity index (χ4n) is 3.48. The summed E-state index contributed by atoms with van der Waals surface area (Å²) in [6.45, 7) is 3.93. The predicted molar refractivity (Wildman–Crippen MR) is 121 cm³/mol. The molecule has 2 aromatic carbocycles. The average Bonchev–Trinajstić information content (AvgIpc) is 2.79. The molecule has 0 amide bonds. The van der Waals surface area contributed by atoms with E-state index in [0.717, 1.165) is 34.5 Å². The van der Waals surface area contributed by atoms with Gasteiger partial charge in [0.2, 0.25) is 0 Å². The maximum Gasteiger partial charge on any atom is 0.310 e. The second kappa shape index (κ2) is 10.7. The normalized spacial score (nSPS) is 11.9. The molecule has 0 aliphatic rings. The van der Waals surface area contributed by atoms with E-state index in [4.69, 9.17) is 5.11 Å². The predicted octanol–water partition coefficient (Wildman–Crippen LogP) is 6.51. The van der Waals surface area contributed by atoms with E-state index in [1.165, 1.54) is 37.7 Å². The first-order valence-corrected chi connectivity index (χ1v) is 10.8. The first kappa shape index (κ1) is 21.7. The van der Waals surface area contributed by atoms with Crippen molar-refractivity contribution in [1.82, 2.24) is 9.97 Å². The van der Waals surface area contributed by atoms with E-state index in [2.05, 4.69) is 29.0 Å². The number of rotatable bonds is 10. The summed E-state index contributed by atoms with van der Waals surface area (Å²) in [5.74, 6) is -0.575. The number of unbranched alkanes of at least 4 members (excludes halogenated alkanes) is 4. The van der Waals surface area contributed by atoms with Crippen molar-refractivity contribution in [2.45, 2.75) is 58.3 Å². The van der Waals surface area contributed by atoms with Crippen LogP contribution in [0.3, 0.4) is 0 Å². The van der Waals surface area contributed by atoms with Gasteiger partial charge in [0.1, 0.15) is 0 Å². The number of benzene rings is 2. The fraction of sp³-hybridized carbons (Fsp3) is 0.346. The lowest BCUT2D eigenvalue weighted by Gasteiger charge is -2.09. The Balaban J connectivity index is 1.62. The van der Waals surface area contributed by atoms with Gasteiger partial charge in [-0.1, -0.05) is 81.1 Å².